The number of piperazine rings is 1. The van der Waals surface area contributed by atoms with Crippen LogP contribution < -0.4 is 4.74 Å². The first-order valence-electron chi connectivity index (χ1n) is 9.08. The number of benzene rings is 2. The highest BCUT2D eigenvalue weighted by Crippen LogP contribution is 2.32. The monoisotopic (exact) mass is 403 g/mol. The van der Waals surface area contributed by atoms with Crippen molar-refractivity contribution in [3.63, 3.8) is 0 Å². The van der Waals surface area contributed by atoms with Crippen LogP contribution in [0, 0.1) is 11.3 Å². The van der Waals surface area contributed by atoms with Gasteiger partial charge in [-0.1, -0.05) is 24.3 Å². The number of hydrogen-bond donors (Lipinski definition) is 0. The fourth-order valence-corrected chi connectivity index (χ4v) is 3.42. The van der Waals surface area contributed by atoms with E-state index in [0.29, 0.717) is 18.8 Å². The lowest BCUT2D eigenvalue weighted by Crippen LogP contribution is -2.49. The van der Waals surface area contributed by atoms with E-state index in [-0.39, 0.29) is 18.7 Å². The molecule has 1 unspecified atom stereocenters. The number of nitrogens with zero attached hydrogens (tertiary/aromatic N) is 3. The minimum Gasteiger partial charge on any atom is -0.497 e. The first kappa shape index (κ1) is 20.7. The Balaban J connectivity index is 1.70. The average molecular weight is 403 g/mol. The van der Waals surface area contributed by atoms with Gasteiger partial charge in [-0.3, -0.25) is 9.69 Å². The number of ether oxygens (including phenoxy) is 1. The number of rotatable bonds is 4. The van der Waals surface area contributed by atoms with Gasteiger partial charge in [0.25, 0.3) is 5.91 Å². The molecule has 0 spiro atoms. The second-order valence-electron chi connectivity index (χ2n) is 6.68. The molecular weight excluding hydrogens is 383 g/mol. The second-order valence-corrected chi connectivity index (χ2v) is 6.68. The summed E-state index contributed by atoms with van der Waals surface area (Å²) < 4.78 is 44.7. The van der Waals surface area contributed by atoms with Gasteiger partial charge in [-0.15, -0.1) is 0 Å². The summed E-state index contributed by atoms with van der Waals surface area (Å²) in [6.45, 7) is 1.28. The van der Waals surface area contributed by atoms with E-state index in [2.05, 4.69) is 6.07 Å². The molecule has 1 heterocycles. The number of amides is 1. The summed E-state index contributed by atoms with van der Waals surface area (Å²) >= 11 is 0. The number of carbonyl (C=O) groups is 1. The summed E-state index contributed by atoms with van der Waals surface area (Å²) in [4.78, 5) is 16.0. The maximum Gasteiger partial charge on any atom is 0.417 e. The van der Waals surface area contributed by atoms with Crippen molar-refractivity contribution in [3.05, 3.63) is 65.2 Å². The van der Waals surface area contributed by atoms with Crippen LogP contribution >= 0.6 is 0 Å². The largest absolute Gasteiger partial charge is 0.497 e. The van der Waals surface area contributed by atoms with E-state index in [9.17, 15) is 23.2 Å². The Morgan fingerprint density at radius 2 is 1.69 bits per heavy atom. The predicted octanol–water partition coefficient (Wildman–Crippen LogP) is 3.74. The van der Waals surface area contributed by atoms with Gasteiger partial charge in [-0.2, -0.15) is 18.4 Å². The van der Waals surface area contributed by atoms with Crippen LogP contribution in [0.15, 0.2) is 48.5 Å². The topological polar surface area (TPSA) is 56.6 Å². The van der Waals surface area contributed by atoms with Crippen LogP contribution in [0.2, 0.25) is 0 Å². The normalized spacial score (nSPS) is 16.2. The minimum atomic E-state index is -4.59. The van der Waals surface area contributed by atoms with Crippen molar-refractivity contribution in [3.8, 4) is 11.8 Å². The fourth-order valence-electron chi connectivity index (χ4n) is 3.42. The number of carbonyl (C=O) groups excluding carboxylic acids is 1. The van der Waals surface area contributed by atoms with Crippen LogP contribution in [0.5, 0.6) is 5.75 Å². The Bertz CT molecular complexity index is 899. The average Bonchev–Trinajstić information content (AvgIpc) is 2.74. The first-order chi connectivity index (χ1) is 13.8. The molecule has 0 aliphatic carbocycles. The van der Waals surface area contributed by atoms with Gasteiger partial charge in [0.2, 0.25) is 0 Å². The summed E-state index contributed by atoms with van der Waals surface area (Å²) in [7, 11) is 1.56. The standard InChI is InChI=1S/C21H20F3N3O2/c1-29-16-8-6-15(7-9-16)19(14-25)26-10-12-27(13-11-26)20(28)17-4-2-3-5-18(17)21(22,23)24/h2-9,19H,10-13H2,1H3. The van der Waals surface area contributed by atoms with Gasteiger partial charge in [0.15, 0.2) is 0 Å². The zero-order chi connectivity index (χ0) is 21.0. The molecule has 1 amide bonds. The molecule has 8 heteroatoms. The van der Waals surface area contributed by atoms with E-state index in [0.717, 1.165) is 11.6 Å². The Labute approximate surface area is 166 Å². The van der Waals surface area contributed by atoms with E-state index in [4.69, 9.17) is 4.74 Å². The Morgan fingerprint density at radius 3 is 2.24 bits per heavy atom. The molecule has 0 aromatic heterocycles. The van der Waals surface area contributed by atoms with Gasteiger partial charge in [-0.05, 0) is 29.8 Å². The molecule has 3 rings (SSSR count). The zero-order valence-corrected chi connectivity index (χ0v) is 15.8. The molecule has 2 aromatic rings. The van der Waals surface area contributed by atoms with Crippen LogP contribution in [-0.2, 0) is 6.18 Å². The summed E-state index contributed by atoms with van der Waals surface area (Å²) in [5.74, 6) is 0.0414. The van der Waals surface area contributed by atoms with Gasteiger partial charge in [-0.25, -0.2) is 0 Å². The molecule has 1 saturated heterocycles. The lowest BCUT2D eigenvalue weighted by Gasteiger charge is -2.37. The van der Waals surface area contributed by atoms with Crippen molar-refractivity contribution >= 4 is 5.91 Å². The number of hydrogen-bond acceptors (Lipinski definition) is 4. The highest BCUT2D eigenvalue weighted by Gasteiger charge is 2.36. The molecule has 5 nitrogen and oxygen atoms in total. The van der Waals surface area contributed by atoms with Crippen molar-refractivity contribution < 1.29 is 22.7 Å². The third-order valence-corrected chi connectivity index (χ3v) is 4.98. The quantitative estimate of drug-likeness (QED) is 0.781. The van der Waals surface area contributed by atoms with E-state index < -0.39 is 23.7 Å². The molecule has 1 aliphatic rings. The van der Waals surface area contributed by atoms with E-state index >= 15 is 0 Å². The molecule has 0 bridgehead atoms. The molecule has 152 valence electrons. The van der Waals surface area contributed by atoms with Crippen LogP contribution in [0.25, 0.3) is 0 Å². The molecule has 0 N–H and O–H groups in total. The Kier molecular flexibility index (Phi) is 6.09. The zero-order valence-electron chi connectivity index (χ0n) is 15.8. The van der Waals surface area contributed by atoms with Gasteiger partial charge >= 0.3 is 6.18 Å². The molecule has 1 atom stereocenters. The first-order valence-corrected chi connectivity index (χ1v) is 9.08. The van der Waals surface area contributed by atoms with Crippen molar-refractivity contribution in [1.29, 1.82) is 5.26 Å². The number of nitriles is 1. The van der Waals surface area contributed by atoms with Crippen LogP contribution in [0.3, 0.4) is 0 Å². The van der Waals surface area contributed by atoms with E-state index in [1.807, 2.05) is 17.0 Å². The van der Waals surface area contributed by atoms with Crippen molar-refractivity contribution in [1.82, 2.24) is 9.80 Å². The molecule has 1 aliphatic heterocycles. The summed E-state index contributed by atoms with van der Waals surface area (Å²) in [6.07, 6.45) is -4.59. The molecular formula is C21H20F3N3O2. The predicted molar refractivity (Wildman–Crippen MR) is 100 cm³/mol. The van der Waals surface area contributed by atoms with E-state index in [1.165, 1.54) is 23.1 Å². The second kappa shape index (κ2) is 8.53. The Morgan fingerprint density at radius 1 is 1.07 bits per heavy atom. The summed E-state index contributed by atoms with van der Waals surface area (Å²) in [6, 6.07) is 13.7. The van der Waals surface area contributed by atoms with Crippen LogP contribution in [-0.4, -0.2) is 49.0 Å². The molecule has 29 heavy (non-hydrogen) atoms. The summed E-state index contributed by atoms with van der Waals surface area (Å²) in [5.41, 5.74) is -0.475. The van der Waals surface area contributed by atoms with Crippen LogP contribution in [0.1, 0.15) is 27.5 Å². The maximum atomic E-state index is 13.2. The molecule has 0 radical (unpaired) electrons. The third kappa shape index (κ3) is 4.51. The maximum absolute atomic E-state index is 13.2. The Hall–Kier alpha value is -3.05. The smallest absolute Gasteiger partial charge is 0.417 e. The number of halogens is 3. The van der Waals surface area contributed by atoms with E-state index in [1.54, 1.807) is 19.2 Å². The lowest BCUT2D eigenvalue weighted by atomic mass is 10.0. The number of methoxy groups -OCH3 is 1. The highest BCUT2D eigenvalue weighted by molar-refractivity contribution is 5.96. The SMILES string of the molecule is COc1ccc(C(C#N)N2CCN(C(=O)c3ccccc3C(F)(F)F)CC2)cc1. The lowest BCUT2D eigenvalue weighted by molar-refractivity contribution is -0.138. The van der Waals surface area contributed by atoms with Gasteiger partial charge in [0, 0.05) is 26.2 Å². The fraction of sp³-hybridized carbons (Fsp3) is 0.333. The third-order valence-electron chi connectivity index (χ3n) is 4.98. The van der Waals surface area contributed by atoms with Crippen molar-refractivity contribution in [2.24, 2.45) is 0 Å². The van der Waals surface area contributed by atoms with Crippen LogP contribution in [0.4, 0.5) is 13.2 Å². The van der Waals surface area contributed by atoms with Gasteiger partial charge in [0.1, 0.15) is 11.8 Å². The van der Waals surface area contributed by atoms with Gasteiger partial charge in [0.05, 0.1) is 24.3 Å². The molecule has 1 fully saturated rings. The van der Waals surface area contributed by atoms with Crippen molar-refractivity contribution in [2.75, 3.05) is 33.3 Å². The highest BCUT2D eigenvalue weighted by atomic mass is 19.4. The van der Waals surface area contributed by atoms with Crippen molar-refractivity contribution in [2.45, 2.75) is 12.2 Å². The minimum absolute atomic E-state index is 0.249. The molecule has 2 aromatic carbocycles. The molecule has 0 saturated carbocycles. The van der Waals surface area contributed by atoms with Gasteiger partial charge < -0.3 is 9.64 Å². The summed E-state index contributed by atoms with van der Waals surface area (Å²) in [5, 5.41) is 9.61. The number of alkyl halides is 3.